The van der Waals surface area contributed by atoms with Crippen molar-refractivity contribution >= 4 is 15.9 Å². The van der Waals surface area contributed by atoms with Crippen LogP contribution in [-0.4, -0.2) is 38.8 Å². The van der Waals surface area contributed by atoms with Gasteiger partial charge >= 0.3 is 0 Å². The van der Waals surface area contributed by atoms with Crippen molar-refractivity contribution < 1.29 is 17.9 Å². The first-order chi connectivity index (χ1) is 11.7. The van der Waals surface area contributed by atoms with Crippen LogP contribution in [0.1, 0.15) is 21.5 Å². The Hall–Kier alpha value is -2.38. The molecule has 0 bridgehead atoms. The molecule has 7 heteroatoms. The molecular formula is C18H22N2O4S. The largest absolute Gasteiger partial charge is 0.492 e. The van der Waals surface area contributed by atoms with Crippen LogP contribution in [0, 0.1) is 13.8 Å². The first kappa shape index (κ1) is 19.0. The number of carbonyl (C=O) groups excluding carboxylic acids is 1. The lowest BCUT2D eigenvalue weighted by molar-refractivity contribution is 0.1000. The summed E-state index contributed by atoms with van der Waals surface area (Å²) < 4.78 is 31.9. The molecular weight excluding hydrogens is 340 g/mol. The summed E-state index contributed by atoms with van der Waals surface area (Å²) >= 11 is 0. The second-order valence-corrected chi connectivity index (χ2v) is 7.93. The SMILES string of the molecule is Cc1cc(C)cc(OCCN(C)S(=O)(=O)c2ccc(C(N)=O)cc2)c1. The van der Waals surface area contributed by atoms with Crippen molar-refractivity contribution in [3.8, 4) is 5.75 Å². The number of hydrogen-bond acceptors (Lipinski definition) is 4. The van der Waals surface area contributed by atoms with Gasteiger partial charge in [0.1, 0.15) is 12.4 Å². The Balaban J connectivity index is 2.01. The summed E-state index contributed by atoms with van der Waals surface area (Å²) in [7, 11) is -2.16. The van der Waals surface area contributed by atoms with Gasteiger partial charge in [-0.05, 0) is 61.4 Å². The van der Waals surface area contributed by atoms with Crippen molar-refractivity contribution in [3.63, 3.8) is 0 Å². The minimum Gasteiger partial charge on any atom is -0.492 e. The van der Waals surface area contributed by atoms with E-state index in [4.69, 9.17) is 10.5 Å². The van der Waals surface area contributed by atoms with E-state index in [1.807, 2.05) is 32.0 Å². The van der Waals surface area contributed by atoms with E-state index < -0.39 is 15.9 Å². The molecule has 0 aromatic heterocycles. The van der Waals surface area contributed by atoms with Crippen molar-refractivity contribution in [3.05, 3.63) is 59.2 Å². The number of sulfonamides is 1. The minimum absolute atomic E-state index is 0.103. The number of likely N-dealkylation sites (N-methyl/N-ethyl adjacent to an activating group) is 1. The molecule has 0 fully saturated rings. The summed E-state index contributed by atoms with van der Waals surface area (Å²) in [5, 5.41) is 0. The molecule has 25 heavy (non-hydrogen) atoms. The Labute approximate surface area is 148 Å². The number of benzene rings is 2. The molecule has 0 saturated carbocycles. The normalized spacial score (nSPS) is 11.5. The highest BCUT2D eigenvalue weighted by Crippen LogP contribution is 2.17. The Morgan fingerprint density at radius 1 is 1.08 bits per heavy atom. The van der Waals surface area contributed by atoms with Crippen LogP contribution in [0.5, 0.6) is 5.75 Å². The monoisotopic (exact) mass is 362 g/mol. The summed E-state index contributed by atoms with van der Waals surface area (Å²) in [6, 6.07) is 11.4. The average Bonchev–Trinajstić information content (AvgIpc) is 2.53. The van der Waals surface area contributed by atoms with E-state index in [2.05, 4.69) is 0 Å². The van der Waals surface area contributed by atoms with Gasteiger partial charge in [-0.2, -0.15) is 4.31 Å². The van der Waals surface area contributed by atoms with E-state index in [0.717, 1.165) is 11.1 Å². The van der Waals surface area contributed by atoms with E-state index in [-0.39, 0.29) is 23.6 Å². The number of rotatable bonds is 7. The molecule has 0 saturated heterocycles. The lowest BCUT2D eigenvalue weighted by atomic mass is 10.1. The molecule has 0 aliphatic rings. The van der Waals surface area contributed by atoms with Crippen LogP contribution in [0.15, 0.2) is 47.4 Å². The quantitative estimate of drug-likeness (QED) is 0.817. The summed E-state index contributed by atoms with van der Waals surface area (Å²) in [5.74, 6) is 0.119. The Morgan fingerprint density at radius 3 is 2.16 bits per heavy atom. The molecule has 0 radical (unpaired) electrons. The maximum atomic E-state index is 12.5. The number of carbonyl (C=O) groups is 1. The van der Waals surface area contributed by atoms with Crippen LogP contribution < -0.4 is 10.5 Å². The van der Waals surface area contributed by atoms with Crippen molar-refractivity contribution in [2.75, 3.05) is 20.2 Å². The van der Waals surface area contributed by atoms with Gasteiger partial charge in [0, 0.05) is 19.2 Å². The highest BCUT2D eigenvalue weighted by atomic mass is 32.2. The zero-order valence-corrected chi connectivity index (χ0v) is 15.3. The van der Waals surface area contributed by atoms with Gasteiger partial charge in [0.25, 0.3) is 0 Å². The van der Waals surface area contributed by atoms with E-state index in [1.165, 1.54) is 35.6 Å². The number of amides is 1. The van der Waals surface area contributed by atoms with Crippen LogP contribution in [0.4, 0.5) is 0 Å². The summed E-state index contributed by atoms with van der Waals surface area (Å²) in [5.41, 5.74) is 7.60. The molecule has 2 rings (SSSR count). The zero-order chi connectivity index (χ0) is 18.6. The Kier molecular flexibility index (Phi) is 5.81. The highest BCUT2D eigenvalue weighted by molar-refractivity contribution is 7.89. The van der Waals surface area contributed by atoms with E-state index >= 15 is 0 Å². The summed E-state index contributed by atoms with van der Waals surface area (Å²) in [6.07, 6.45) is 0. The third-order valence-corrected chi connectivity index (χ3v) is 5.59. The Bertz CT molecular complexity index is 841. The Morgan fingerprint density at radius 2 is 1.64 bits per heavy atom. The van der Waals surface area contributed by atoms with Crippen LogP contribution in [-0.2, 0) is 10.0 Å². The van der Waals surface area contributed by atoms with E-state index in [0.29, 0.717) is 5.75 Å². The van der Waals surface area contributed by atoms with Crippen molar-refractivity contribution in [1.82, 2.24) is 4.31 Å². The molecule has 2 aromatic rings. The first-order valence-corrected chi connectivity index (χ1v) is 9.21. The van der Waals surface area contributed by atoms with E-state index in [9.17, 15) is 13.2 Å². The number of aryl methyl sites for hydroxylation is 2. The second-order valence-electron chi connectivity index (χ2n) is 5.89. The lowest BCUT2D eigenvalue weighted by Gasteiger charge is -2.18. The van der Waals surface area contributed by atoms with Crippen molar-refractivity contribution in [2.24, 2.45) is 5.73 Å². The van der Waals surface area contributed by atoms with Gasteiger partial charge in [-0.15, -0.1) is 0 Å². The maximum absolute atomic E-state index is 12.5. The molecule has 2 N–H and O–H groups in total. The summed E-state index contributed by atoms with van der Waals surface area (Å²) in [4.78, 5) is 11.2. The molecule has 134 valence electrons. The zero-order valence-electron chi connectivity index (χ0n) is 14.5. The van der Waals surface area contributed by atoms with Crippen molar-refractivity contribution in [1.29, 1.82) is 0 Å². The number of nitrogens with zero attached hydrogens (tertiary/aromatic N) is 1. The predicted molar refractivity (Wildman–Crippen MR) is 96.2 cm³/mol. The molecule has 0 aliphatic carbocycles. The lowest BCUT2D eigenvalue weighted by Crippen LogP contribution is -2.31. The van der Waals surface area contributed by atoms with Crippen LogP contribution in [0.3, 0.4) is 0 Å². The third-order valence-electron chi connectivity index (χ3n) is 3.72. The third kappa shape index (κ3) is 4.80. The number of nitrogens with two attached hydrogens (primary N) is 1. The van der Waals surface area contributed by atoms with Gasteiger partial charge in [-0.25, -0.2) is 8.42 Å². The number of ether oxygens (including phenoxy) is 1. The second kappa shape index (κ2) is 7.67. The molecule has 0 unspecified atom stereocenters. The molecule has 0 heterocycles. The first-order valence-electron chi connectivity index (χ1n) is 7.77. The van der Waals surface area contributed by atoms with Gasteiger partial charge in [0.05, 0.1) is 4.90 Å². The van der Waals surface area contributed by atoms with Crippen molar-refractivity contribution in [2.45, 2.75) is 18.7 Å². The standard InChI is InChI=1S/C18H22N2O4S/c1-13-10-14(2)12-16(11-13)24-9-8-20(3)25(22,23)17-6-4-15(5-7-17)18(19)21/h4-7,10-12H,8-9H2,1-3H3,(H2,19,21). The molecule has 1 amide bonds. The fourth-order valence-electron chi connectivity index (χ4n) is 2.40. The topological polar surface area (TPSA) is 89.7 Å². The fraction of sp³-hybridized carbons (Fsp3) is 0.278. The van der Waals surface area contributed by atoms with Crippen LogP contribution in [0.2, 0.25) is 0 Å². The van der Waals surface area contributed by atoms with Gasteiger partial charge in [0.15, 0.2) is 0 Å². The molecule has 2 aromatic carbocycles. The predicted octanol–water partition coefficient (Wildman–Crippen LogP) is 2.10. The number of hydrogen-bond donors (Lipinski definition) is 1. The smallest absolute Gasteiger partial charge is 0.248 e. The van der Waals surface area contributed by atoms with E-state index in [1.54, 1.807) is 0 Å². The average molecular weight is 362 g/mol. The van der Waals surface area contributed by atoms with Gasteiger partial charge < -0.3 is 10.5 Å². The fourth-order valence-corrected chi connectivity index (χ4v) is 3.55. The maximum Gasteiger partial charge on any atom is 0.248 e. The number of primary amides is 1. The van der Waals surface area contributed by atoms with Gasteiger partial charge in [-0.3, -0.25) is 4.79 Å². The van der Waals surface area contributed by atoms with Gasteiger partial charge in [0.2, 0.25) is 15.9 Å². The molecule has 0 aliphatic heterocycles. The molecule has 0 atom stereocenters. The van der Waals surface area contributed by atoms with Crippen LogP contribution >= 0.6 is 0 Å². The highest BCUT2D eigenvalue weighted by Gasteiger charge is 2.20. The minimum atomic E-state index is -3.65. The van der Waals surface area contributed by atoms with Crippen LogP contribution in [0.25, 0.3) is 0 Å². The molecule has 0 spiro atoms. The van der Waals surface area contributed by atoms with Gasteiger partial charge in [-0.1, -0.05) is 6.07 Å². The molecule has 6 nitrogen and oxygen atoms in total. The summed E-state index contributed by atoms with van der Waals surface area (Å²) in [6.45, 7) is 4.39.